The summed E-state index contributed by atoms with van der Waals surface area (Å²) < 4.78 is 6.71. The van der Waals surface area contributed by atoms with Gasteiger partial charge in [-0.3, -0.25) is 0 Å². The van der Waals surface area contributed by atoms with Crippen molar-refractivity contribution >= 4 is 27.9 Å². The minimum atomic E-state index is -2.01. The maximum atomic E-state index is 12.5. The molecule has 0 spiro atoms. The first-order valence-electron chi connectivity index (χ1n) is 8.73. The molecule has 2 aliphatic rings. The Morgan fingerprint density at radius 1 is 1.17 bits per heavy atom. The van der Waals surface area contributed by atoms with E-state index in [4.69, 9.17) is 4.74 Å². The van der Waals surface area contributed by atoms with Crippen LogP contribution in [0.4, 0.5) is 0 Å². The number of carbonyl (C=O) groups excluding carboxylic acids is 1. The minimum absolute atomic E-state index is 0.0206. The van der Waals surface area contributed by atoms with Gasteiger partial charge in [0.05, 0.1) is 0 Å². The molecule has 3 rings (SSSR count). The predicted molar refractivity (Wildman–Crippen MR) is 96.9 cm³/mol. The number of esters is 1. The number of piperidine rings is 1. The van der Waals surface area contributed by atoms with E-state index in [2.05, 4.69) is 51.0 Å². The van der Waals surface area contributed by atoms with Gasteiger partial charge >= 0.3 is 144 Å². The first-order valence-corrected chi connectivity index (χ1v) is 18.7. The Hall–Kier alpha value is -0.551. The Kier molecular flexibility index (Phi) is 4.80. The monoisotopic (exact) mass is 423 g/mol. The molecule has 4 unspecified atom stereocenters. The van der Waals surface area contributed by atoms with Gasteiger partial charge in [0.15, 0.2) is 0 Å². The molecule has 1 aromatic carbocycles. The van der Waals surface area contributed by atoms with Gasteiger partial charge in [-0.15, -0.1) is 0 Å². The third kappa shape index (κ3) is 3.19. The molecular weight excluding hydrogens is 393 g/mol. The number of carbonyl (C=O) groups is 1. The van der Waals surface area contributed by atoms with E-state index in [-0.39, 0.29) is 11.9 Å². The van der Waals surface area contributed by atoms with Gasteiger partial charge in [0, 0.05) is 0 Å². The molecule has 0 N–H and O–H groups in total. The Morgan fingerprint density at radius 3 is 2.39 bits per heavy atom. The van der Waals surface area contributed by atoms with Gasteiger partial charge in [0.2, 0.25) is 0 Å². The molecule has 0 saturated carbocycles. The zero-order valence-corrected chi connectivity index (χ0v) is 17.9. The van der Waals surface area contributed by atoms with Gasteiger partial charge in [-0.25, -0.2) is 0 Å². The molecular formula is C19H29NO2Sn. The number of nitrogens with zero attached hydrogens (tertiary/aromatic N) is 1. The Bertz CT molecular complexity index is 578. The number of hydrogen-bond donors (Lipinski definition) is 0. The van der Waals surface area contributed by atoms with E-state index >= 15 is 0 Å². The summed E-state index contributed by atoms with van der Waals surface area (Å²) in [5.74, 6) is 0.249. The molecule has 2 saturated heterocycles. The van der Waals surface area contributed by atoms with Crippen LogP contribution in [0.1, 0.15) is 30.7 Å². The SMILES string of the molecule is COC(=O)C1C(c2cc[c]([Sn]([CH3])([CH3])[CH3])cc2)CC2CCC1N2C. The van der Waals surface area contributed by atoms with Crippen LogP contribution in [0.25, 0.3) is 0 Å². The molecule has 2 aliphatic heterocycles. The average Bonchev–Trinajstić information content (AvgIpc) is 2.75. The van der Waals surface area contributed by atoms with Crippen molar-refractivity contribution in [3.05, 3.63) is 29.8 Å². The first kappa shape index (κ1) is 17.3. The number of methoxy groups -OCH3 is 1. The fraction of sp³-hybridized carbons (Fsp3) is 0.632. The molecule has 3 nitrogen and oxygen atoms in total. The molecule has 0 amide bonds. The second kappa shape index (κ2) is 6.40. The molecule has 0 radical (unpaired) electrons. The Morgan fingerprint density at radius 2 is 1.83 bits per heavy atom. The normalized spacial score (nSPS) is 31.2. The number of benzene rings is 1. The molecule has 2 bridgehead atoms. The molecule has 0 aromatic heterocycles. The quantitative estimate of drug-likeness (QED) is 0.555. The van der Waals surface area contributed by atoms with Crippen LogP contribution < -0.4 is 3.58 Å². The predicted octanol–water partition coefficient (Wildman–Crippen LogP) is 2.97. The van der Waals surface area contributed by atoms with E-state index in [0.29, 0.717) is 18.0 Å². The van der Waals surface area contributed by atoms with Crippen molar-refractivity contribution in [3.8, 4) is 0 Å². The maximum absolute atomic E-state index is 12.5. The summed E-state index contributed by atoms with van der Waals surface area (Å²) in [5.41, 5.74) is 1.32. The molecule has 4 heteroatoms. The molecule has 2 fully saturated rings. The third-order valence-corrected chi connectivity index (χ3v) is 11.8. The second-order valence-corrected chi connectivity index (χ2v) is 22.7. The van der Waals surface area contributed by atoms with Crippen LogP contribution in [-0.4, -0.2) is 55.5 Å². The number of hydrogen-bond acceptors (Lipinski definition) is 3. The van der Waals surface area contributed by atoms with Crippen LogP contribution >= 0.6 is 0 Å². The zero-order chi connectivity index (χ0) is 16.8. The number of ether oxygens (including phenoxy) is 1. The van der Waals surface area contributed by atoms with Gasteiger partial charge in [-0.1, -0.05) is 0 Å². The molecule has 23 heavy (non-hydrogen) atoms. The summed E-state index contributed by atoms with van der Waals surface area (Å²) in [5, 5.41) is 0. The van der Waals surface area contributed by atoms with Gasteiger partial charge < -0.3 is 0 Å². The van der Waals surface area contributed by atoms with Crippen LogP contribution in [0.5, 0.6) is 0 Å². The van der Waals surface area contributed by atoms with Gasteiger partial charge in [-0.2, -0.15) is 0 Å². The summed E-state index contributed by atoms with van der Waals surface area (Å²) >= 11 is -2.01. The Labute approximate surface area is 144 Å². The van der Waals surface area contributed by atoms with Gasteiger partial charge in [0.1, 0.15) is 0 Å². The van der Waals surface area contributed by atoms with Gasteiger partial charge in [0.25, 0.3) is 0 Å². The van der Waals surface area contributed by atoms with Crippen LogP contribution in [0.3, 0.4) is 0 Å². The standard InChI is InChI=1S/C16H20NO2.3CH3.Sn/c1-17-12-8-9-14(17)15(16(18)19-2)13(10-12)11-6-4-3-5-7-11;;;;/h4-7,12-15H,8-10H2,1-2H3;3*1H3;. The molecule has 0 aliphatic carbocycles. The zero-order valence-electron chi connectivity index (χ0n) is 15.0. The fourth-order valence-electron chi connectivity index (χ4n) is 4.50. The van der Waals surface area contributed by atoms with Crippen molar-refractivity contribution in [3.63, 3.8) is 0 Å². The summed E-state index contributed by atoms with van der Waals surface area (Å²) in [6, 6.07) is 10.2. The number of fused-ring (bicyclic) bond motifs is 2. The van der Waals surface area contributed by atoms with Crippen LogP contribution in [0.2, 0.25) is 14.8 Å². The van der Waals surface area contributed by atoms with E-state index in [1.165, 1.54) is 19.1 Å². The Balaban J connectivity index is 1.92. The topological polar surface area (TPSA) is 29.5 Å². The van der Waals surface area contributed by atoms with Crippen molar-refractivity contribution in [2.24, 2.45) is 5.92 Å². The number of rotatable bonds is 3. The van der Waals surface area contributed by atoms with E-state index < -0.39 is 18.4 Å². The second-order valence-electron chi connectivity index (χ2n) is 8.23. The molecule has 126 valence electrons. The summed E-state index contributed by atoms with van der Waals surface area (Å²) in [6.45, 7) is 0. The fourth-order valence-corrected chi connectivity index (χ4v) is 7.83. The van der Waals surface area contributed by atoms with Crippen molar-refractivity contribution in [2.45, 2.75) is 52.1 Å². The summed E-state index contributed by atoms with van der Waals surface area (Å²) in [7, 11) is 3.70. The van der Waals surface area contributed by atoms with E-state index in [0.717, 1.165) is 12.8 Å². The molecule has 1 aromatic rings. The summed E-state index contributed by atoms with van der Waals surface area (Å²) in [4.78, 5) is 22.2. The summed E-state index contributed by atoms with van der Waals surface area (Å²) in [6.07, 6.45) is 3.40. The first-order chi connectivity index (χ1) is 10.8. The van der Waals surface area contributed by atoms with Crippen LogP contribution in [0.15, 0.2) is 24.3 Å². The average molecular weight is 422 g/mol. The van der Waals surface area contributed by atoms with Crippen molar-refractivity contribution < 1.29 is 9.53 Å². The molecule has 2 heterocycles. The van der Waals surface area contributed by atoms with E-state index in [9.17, 15) is 4.79 Å². The van der Waals surface area contributed by atoms with Crippen molar-refractivity contribution in [2.75, 3.05) is 14.2 Å². The van der Waals surface area contributed by atoms with Crippen molar-refractivity contribution in [1.82, 2.24) is 4.90 Å². The van der Waals surface area contributed by atoms with E-state index in [1.54, 1.807) is 3.58 Å². The van der Waals surface area contributed by atoms with Crippen LogP contribution in [0, 0.1) is 5.92 Å². The van der Waals surface area contributed by atoms with E-state index in [1.807, 2.05) is 0 Å². The van der Waals surface area contributed by atoms with Crippen molar-refractivity contribution in [1.29, 1.82) is 0 Å². The third-order valence-electron chi connectivity index (χ3n) is 5.95. The van der Waals surface area contributed by atoms with Gasteiger partial charge in [-0.05, 0) is 0 Å². The molecule has 4 atom stereocenters. The van der Waals surface area contributed by atoms with Crippen LogP contribution in [-0.2, 0) is 9.53 Å².